The molecule has 2 rings (SSSR count). The lowest BCUT2D eigenvalue weighted by Gasteiger charge is -2.25. The molecule has 0 saturated heterocycles. The molecule has 15 heavy (non-hydrogen) atoms. The molecule has 0 atom stereocenters. The second kappa shape index (κ2) is 4.90. The van der Waals surface area contributed by atoms with Crippen LogP contribution in [0.4, 0.5) is 0 Å². The number of rotatable bonds is 3. The maximum atomic E-state index is 6.04. The van der Waals surface area contributed by atoms with Gasteiger partial charge in [-0.15, -0.1) is 21.8 Å². The molecule has 84 valence electrons. The zero-order valence-electron chi connectivity index (χ0n) is 8.86. The minimum Gasteiger partial charge on any atom is -0.307 e. The Labute approximate surface area is 94.2 Å². The van der Waals surface area contributed by atoms with E-state index in [1.165, 1.54) is 4.80 Å². The normalized spacial score (nSPS) is 26.8. The summed E-state index contributed by atoms with van der Waals surface area (Å²) in [5, 5.41) is 15.6. The first-order valence-corrected chi connectivity index (χ1v) is 5.78. The lowest BCUT2D eigenvalue weighted by Crippen LogP contribution is -2.33. The molecule has 1 aromatic rings. The number of tetrazole rings is 1. The Hall–Kier alpha value is -0.680. The standard InChI is InChI=1S/C9H16ClN5/c1-15-13-9(12-14-15)6-11-8-4-2-7(10)3-5-8/h7-8,11H,2-6H2,1H3. The highest BCUT2D eigenvalue weighted by Gasteiger charge is 2.19. The Morgan fingerprint density at radius 3 is 2.73 bits per heavy atom. The molecule has 0 bridgehead atoms. The van der Waals surface area contributed by atoms with E-state index >= 15 is 0 Å². The molecule has 1 N–H and O–H groups in total. The van der Waals surface area contributed by atoms with Gasteiger partial charge in [0.1, 0.15) is 0 Å². The SMILES string of the molecule is Cn1nnc(CNC2CCC(Cl)CC2)n1. The van der Waals surface area contributed by atoms with Crippen molar-refractivity contribution in [3.05, 3.63) is 5.82 Å². The first-order chi connectivity index (χ1) is 7.24. The van der Waals surface area contributed by atoms with E-state index in [4.69, 9.17) is 11.6 Å². The highest BCUT2D eigenvalue weighted by Crippen LogP contribution is 2.22. The molecule has 1 aliphatic carbocycles. The lowest BCUT2D eigenvalue weighted by molar-refractivity contribution is 0.372. The summed E-state index contributed by atoms with van der Waals surface area (Å²) in [5.74, 6) is 0.755. The van der Waals surface area contributed by atoms with Gasteiger partial charge in [-0.05, 0) is 30.9 Å². The largest absolute Gasteiger partial charge is 0.307 e. The van der Waals surface area contributed by atoms with Crippen LogP contribution in [-0.4, -0.2) is 31.6 Å². The fourth-order valence-electron chi connectivity index (χ4n) is 1.89. The smallest absolute Gasteiger partial charge is 0.188 e. The van der Waals surface area contributed by atoms with Crippen LogP contribution in [0.15, 0.2) is 0 Å². The van der Waals surface area contributed by atoms with Crippen LogP contribution < -0.4 is 5.32 Å². The van der Waals surface area contributed by atoms with Crippen LogP contribution in [0, 0.1) is 0 Å². The van der Waals surface area contributed by atoms with E-state index in [0.29, 0.717) is 18.0 Å². The second-order valence-electron chi connectivity index (χ2n) is 4.02. The van der Waals surface area contributed by atoms with Gasteiger partial charge in [0.15, 0.2) is 5.82 Å². The van der Waals surface area contributed by atoms with Crippen molar-refractivity contribution in [2.75, 3.05) is 0 Å². The molecule has 1 aromatic heterocycles. The molecule has 1 heterocycles. The molecule has 0 aromatic carbocycles. The third-order valence-corrected chi connectivity index (χ3v) is 3.19. The number of nitrogens with zero attached hydrogens (tertiary/aromatic N) is 4. The molecule has 1 aliphatic rings. The van der Waals surface area contributed by atoms with E-state index < -0.39 is 0 Å². The van der Waals surface area contributed by atoms with Gasteiger partial charge in [0, 0.05) is 11.4 Å². The van der Waals surface area contributed by atoms with Gasteiger partial charge in [-0.25, -0.2) is 0 Å². The summed E-state index contributed by atoms with van der Waals surface area (Å²) < 4.78 is 0. The van der Waals surface area contributed by atoms with Crippen LogP contribution in [-0.2, 0) is 13.6 Å². The van der Waals surface area contributed by atoms with Gasteiger partial charge in [-0.2, -0.15) is 4.80 Å². The van der Waals surface area contributed by atoms with E-state index in [9.17, 15) is 0 Å². The first-order valence-electron chi connectivity index (χ1n) is 5.34. The zero-order chi connectivity index (χ0) is 10.7. The van der Waals surface area contributed by atoms with Crippen LogP contribution >= 0.6 is 11.6 Å². The monoisotopic (exact) mass is 229 g/mol. The number of nitrogens with one attached hydrogen (secondary N) is 1. The molecule has 0 unspecified atom stereocenters. The topological polar surface area (TPSA) is 55.6 Å². The number of aryl methyl sites for hydroxylation is 1. The second-order valence-corrected chi connectivity index (χ2v) is 4.64. The highest BCUT2D eigenvalue weighted by molar-refractivity contribution is 6.20. The summed E-state index contributed by atoms with van der Waals surface area (Å²) in [7, 11) is 1.77. The fourth-order valence-corrected chi connectivity index (χ4v) is 2.14. The van der Waals surface area contributed by atoms with Gasteiger partial charge in [-0.3, -0.25) is 0 Å². The molecule has 0 spiro atoms. The summed E-state index contributed by atoms with van der Waals surface area (Å²) >= 11 is 6.04. The predicted octanol–water partition coefficient (Wildman–Crippen LogP) is 0.850. The number of halogens is 1. The van der Waals surface area contributed by atoms with Crippen molar-refractivity contribution >= 4 is 11.6 Å². The minimum atomic E-state index is 0.373. The summed E-state index contributed by atoms with van der Waals surface area (Å²) in [5.41, 5.74) is 0. The Morgan fingerprint density at radius 2 is 2.13 bits per heavy atom. The number of aromatic nitrogens is 4. The van der Waals surface area contributed by atoms with Gasteiger partial charge in [0.2, 0.25) is 0 Å². The van der Waals surface area contributed by atoms with Crippen molar-refractivity contribution in [2.24, 2.45) is 7.05 Å². The molecule has 6 heteroatoms. The molecule has 5 nitrogen and oxygen atoms in total. The molecule has 1 fully saturated rings. The number of hydrogen-bond donors (Lipinski definition) is 1. The van der Waals surface area contributed by atoms with Crippen LogP contribution in [0.25, 0.3) is 0 Å². The van der Waals surface area contributed by atoms with Crippen molar-refractivity contribution in [1.82, 2.24) is 25.5 Å². The van der Waals surface area contributed by atoms with Gasteiger partial charge < -0.3 is 5.32 Å². The van der Waals surface area contributed by atoms with Crippen molar-refractivity contribution < 1.29 is 0 Å². The quantitative estimate of drug-likeness (QED) is 0.781. The number of hydrogen-bond acceptors (Lipinski definition) is 4. The lowest BCUT2D eigenvalue weighted by atomic mass is 9.95. The summed E-state index contributed by atoms with van der Waals surface area (Å²) in [6.45, 7) is 0.700. The Bertz CT molecular complexity index is 305. The summed E-state index contributed by atoms with van der Waals surface area (Å²) in [6, 6.07) is 0.559. The zero-order valence-corrected chi connectivity index (χ0v) is 9.61. The molecular formula is C9H16ClN5. The van der Waals surface area contributed by atoms with Crippen LogP contribution in [0.1, 0.15) is 31.5 Å². The van der Waals surface area contributed by atoms with Gasteiger partial charge in [-0.1, -0.05) is 0 Å². The van der Waals surface area contributed by atoms with Crippen molar-refractivity contribution in [1.29, 1.82) is 0 Å². The summed E-state index contributed by atoms with van der Waals surface area (Å²) in [4.78, 5) is 1.48. The van der Waals surface area contributed by atoms with E-state index in [-0.39, 0.29) is 0 Å². The summed E-state index contributed by atoms with van der Waals surface area (Å²) in [6.07, 6.45) is 4.50. The molecule has 0 aliphatic heterocycles. The third kappa shape index (κ3) is 3.14. The van der Waals surface area contributed by atoms with Gasteiger partial charge in [0.25, 0.3) is 0 Å². The maximum Gasteiger partial charge on any atom is 0.188 e. The molecule has 1 saturated carbocycles. The van der Waals surface area contributed by atoms with E-state index in [1.54, 1.807) is 7.05 Å². The number of alkyl halides is 1. The molecule has 0 amide bonds. The van der Waals surface area contributed by atoms with Crippen LogP contribution in [0.5, 0.6) is 0 Å². The van der Waals surface area contributed by atoms with Crippen LogP contribution in [0.2, 0.25) is 0 Å². The van der Waals surface area contributed by atoms with E-state index in [1.807, 2.05) is 0 Å². The Balaban J connectivity index is 1.74. The first kappa shape index (κ1) is 10.8. The Morgan fingerprint density at radius 1 is 1.40 bits per heavy atom. The fraction of sp³-hybridized carbons (Fsp3) is 0.889. The minimum absolute atomic E-state index is 0.373. The average Bonchev–Trinajstić information content (AvgIpc) is 2.64. The van der Waals surface area contributed by atoms with Crippen LogP contribution in [0.3, 0.4) is 0 Å². The average molecular weight is 230 g/mol. The van der Waals surface area contributed by atoms with Gasteiger partial charge >= 0.3 is 0 Å². The van der Waals surface area contributed by atoms with E-state index in [2.05, 4.69) is 20.7 Å². The third-order valence-electron chi connectivity index (χ3n) is 2.76. The Kier molecular flexibility index (Phi) is 3.53. The van der Waals surface area contributed by atoms with Crippen molar-refractivity contribution in [2.45, 2.75) is 43.6 Å². The highest BCUT2D eigenvalue weighted by atomic mass is 35.5. The maximum absolute atomic E-state index is 6.04. The van der Waals surface area contributed by atoms with Gasteiger partial charge in [0.05, 0.1) is 13.6 Å². The molecular weight excluding hydrogens is 214 g/mol. The van der Waals surface area contributed by atoms with E-state index in [0.717, 1.165) is 31.5 Å². The van der Waals surface area contributed by atoms with Crippen molar-refractivity contribution in [3.63, 3.8) is 0 Å². The molecule has 0 radical (unpaired) electrons. The predicted molar refractivity (Wildman–Crippen MR) is 57.5 cm³/mol. The van der Waals surface area contributed by atoms with Crippen molar-refractivity contribution in [3.8, 4) is 0 Å².